The van der Waals surface area contributed by atoms with E-state index in [1.54, 1.807) is 12.1 Å². The molecule has 178 valence electrons. The van der Waals surface area contributed by atoms with Crippen LogP contribution in [-0.4, -0.2) is 30.5 Å². The number of amides is 1. The van der Waals surface area contributed by atoms with E-state index in [1.807, 2.05) is 38.1 Å². The van der Waals surface area contributed by atoms with Gasteiger partial charge < -0.3 is 15.5 Å². The lowest BCUT2D eigenvalue weighted by Crippen LogP contribution is -2.25. The predicted molar refractivity (Wildman–Crippen MR) is 139 cm³/mol. The van der Waals surface area contributed by atoms with Gasteiger partial charge in [-0.1, -0.05) is 29.8 Å². The number of anilines is 3. The van der Waals surface area contributed by atoms with E-state index in [9.17, 15) is 14.9 Å². The summed E-state index contributed by atoms with van der Waals surface area (Å²) in [6.45, 7) is 10.4. The van der Waals surface area contributed by atoms with Gasteiger partial charge >= 0.3 is 0 Å². The summed E-state index contributed by atoms with van der Waals surface area (Å²) in [6.07, 6.45) is 0.813. The normalized spacial score (nSPS) is 10.6. The molecule has 2 N–H and O–H groups in total. The molecule has 7 heteroatoms. The number of carbonyl (C=O) groups excluding carboxylic acids is 1. The van der Waals surface area contributed by atoms with E-state index in [4.69, 9.17) is 0 Å². The third-order valence-corrected chi connectivity index (χ3v) is 5.76. The highest BCUT2D eigenvalue weighted by molar-refractivity contribution is 6.05. The van der Waals surface area contributed by atoms with Crippen LogP contribution in [0.2, 0.25) is 0 Å². The Morgan fingerprint density at radius 3 is 2.38 bits per heavy atom. The first-order valence-electron chi connectivity index (χ1n) is 11.5. The Balaban J connectivity index is 1.63. The Morgan fingerprint density at radius 2 is 1.71 bits per heavy atom. The maximum atomic E-state index is 12.7. The quantitative estimate of drug-likeness (QED) is 0.217. The minimum Gasteiger partial charge on any atom is -0.379 e. The molecular weight excluding hydrogens is 428 g/mol. The Hall–Kier alpha value is -3.87. The maximum absolute atomic E-state index is 12.7. The molecule has 3 aromatic rings. The van der Waals surface area contributed by atoms with E-state index >= 15 is 0 Å². The van der Waals surface area contributed by atoms with Gasteiger partial charge in [-0.05, 0) is 75.6 Å². The molecule has 0 atom stereocenters. The molecule has 0 aliphatic heterocycles. The fraction of sp³-hybridized carbons (Fsp3) is 0.296. The molecule has 0 radical (unpaired) electrons. The average Bonchev–Trinajstić information content (AvgIpc) is 2.80. The van der Waals surface area contributed by atoms with Crippen LogP contribution in [0.3, 0.4) is 0 Å². The summed E-state index contributed by atoms with van der Waals surface area (Å²) in [5, 5.41) is 17.7. The number of nitrogens with one attached hydrogen (secondary N) is 2. The second kappa shape index (κ2) is 11.3. The second-order valence-corrected chi connectivity index (χ2v) is 8.46. The first-order chi connectivity index (χ1) is 16.3. The van der Waals surface area contributed by atoms with Gasteiger partial charge in [0.1, 0.15) is 5.69 Å². The van der Waals surface area contributed by atoms with Gasteiger partial charge in [-0.15, -0.1) is 0 Å². The van der Waals surface area contributed by atoms with Gasteiger partial charge in [0.25, 0.3) is 11.6 Å². The predicted octanol–water partition coefficient (Wildman–Crippen LogP) is 6.10. The molecule has 1 amide bonds. The van der Waals surface area contributed by atoms with Crippen molar-refractivity contribution in [2.75, 3.05) is 35.2 Å². The second-order valence-electron chi connectivity index (χ2n) is 8.46. The van der Waals surface area contributed by atoms with Crippen molar-refractivity contribution in [2.45, 2.75) is 34.1 Å². The van der Waals surface area contributed by atoms with Crippen molar-refractivity contribution in [3.05, 3.63) is 93.0 Å². The molecule has 3 aromatic carbocycles. The Morgan fingerprint density at radius 1 is 0.971 bits per heavy atom. The largest absolute Gasteiger partial charge is 0.379 e. The van der Waals surface area contributed by atoms with E-state index in [0.29, 0.717) is 17.9 Å². The molecule has 7 nitrogen and oxygen atoms in total. The van der Waals surface area contributed by atoms with Crippen LogP contribution in [0, 0.1) is 30.9 Å². The summed E-state index contributed by atoms with van der Waals surface area (Å²) in [7, 11) is 0. The van der Waals surface area contributed by atoms with Gasteiger partial charge in [0, 0.05) is 42.6 Å². The summed E-state index contributed by atoms with van der Waals surface area (Å²) in [4.78, 5) is 26.2. The SMILES string of the molecule is CCN(CCCNc1ccc(C(=O)Nc2ccc(C)cc2C)cc1[N+](=O)[O-])c1cccc(C)c1. The lowest BCUT2D eigenvalue weighted by Gasteiger charge is -2.23. The van der Waals surface area contributed by atoms with Crippen molar-refractivity contribution in [3.8, 4) is 0 Å². The molecule has 0 aliphatic carbocycles. The average molecular weight is 461 g/mol. The third-order valence-electron chi connectivity index (χ3n) is 5.76. The van der Waals surface area contributed by atoms with E-state index in [-0.39, 0.29) is 17.2 Å². The van der Waals surface area contributed by atoms with Crippen molar-refractivity contribution >= 4 is 28.7 Å². The first-order valence-corrected chi connectivity index (χ1v) is 11.5. The molecule has 0 unspecified atom stereocenters. The maximum Gasteiger partial charge on any atom is 0.293 e. The monoisotopic (exact) mass is 460 g/mol. The Bertz CT molecular complexity index is 1180. The topological polar surface area (TPSA) is 87.5 Å². The fourth-order valence-electron chi connectivity index (χ4n) is 3.91. The van der Waals surface area contributed by atoms with Crippen LogP contribution in [0.5, 0.6) is 0 Å². The molecule has 0 bridgehead atoms. The molecule has 0 saturated heterocycles. The highest BCUT2D eigenvalue weighted by Crippen LogP contribution is 2.27. The van der Waals surface area contributed by atoms with Crippen LogP contribution < -0.4 is 15.5 Å². The van der Waals surface area contributed by atoms with E-state index in [0.717, 1.165) is 30.6 Å². The molecule has 0 aromatic heterocycles. The third kappa shape index (κ3) is 6.34. The number of carbonyl (C=O) groups is 1. The lowest BCUT2D eigenvalue weighted by atomic mass is 10.1. The molecule has 0 spiro atoms. The number of nitro benzene ring substituents is 1. The minimum atomic E-state index is -0.457. The number of hydrogen-bond acceptors (Lipinski definition) is 5. The summed E-state index contributed by atoms with van der Waals surface area (Å²) in [5.74, 6) is -0.377. The number of rotatable bonds is 10. The Kier molecular flexibility index (Phi) is 8.24. The molecule has 0 aliphatic rings. The zero-order chi connectivity index (χ0) is 24.7. The van der Waals surface area contributed by atoms with Crippen LogP contribution in [0.15, 0.2) is 60.7 Å². The number of nitro groups is 1. The number of benzene rings is 3. The van der Waals surface area contributed by atoms with Gasteiger partial charge in [-0.3, -0.25) is 14.9 Å². The van der Waals surface area contributed by atoms with Gasteiger partial charge in [0.2, 0.25) is 0 Å². The van der Waals surface area contributed by atoms with Gasteiger partial charge in [0.05, 0.1) is 4.92 Å². The van der Waals surface area contributed by atoms with Crippen molar-refractivity contribution in [1.82, 2.24) is 0 Å². The van der Waals surface area contributed by atoms with Crippen LogP contribution in [0.1, 0.15) is 40.4 Å². The molecule has 34 heavy (non-hydrogen) atoms. The standard InChI is InChI=1S/C27H32N4O3/c1-5-30(23-9-6-8-19(2)17-23)15-7-14-28-25-13-11-22(18-26(25)31(33)34)27(32)29-24-12-10-20(3)16-21(24)4/h6,8-13,16-18,28H,5,7,14-15H2,1-4H3,(H,29,32). The molecule has 3 rings (SSSR count). The zero-order valence-electron chi connectivity index (χ0n) is 20.2. The molecule has 0 heterocycles. The van der Waals surface area contributed by atoms with Gasteiger partial charge in [-0.25, -0.2) is 0 Å². The number of hydrogen-bond donors (Lipinski definition) is 2. The number of nitrogens with zero attached hydrogens (tertiary/aromatic N) is 2. The lowest BCUT2D eigenvalue weighted by molar-refractivity contribution is -0.384. The highest BCUT2D eigenvalue weighted by atomic mass is 16.6. The van der Waals surface area contributed by atoms with Crippen molar-refractivity contribution in [2.24, 2.45) is 0 Å². The molecular formula is C27H32N4O3. The zero-order valence-corrected chi connectivity index (χ0v) is 20.2. The highest BCUT2D eigenvalue weighted by Gasteiger charge is 2.18. The van der Waals surface area contributed by atoms with E-state index in [1.165, 1.54) is 17.3 Å². The van der Waals surface area contributed by atoms with Crippen LogP contribution in [-0.2, 0) is 0 Å². The van der Waals surface area contributed by atoms with Crippen LogP contribution in [0.25, 0.3) is 0 Å². The minimum absolute atomic E-state index is 0.112. The summed E-state index contributed by atoms with van der Waals surface area (Å²) < 4.78 is 0. The summed E-state index contributed by atoms with van der Waals surface area (Å²) in [6, 6.07) is 18.6. The summed E-state index contributed by atoms with van der Waals surface area (Å²) in [5.41, 5.74) is 5.66. The number of aryl methyl sites for hydroxylation is 3. The van der Waals surface area contributed by atoms with E-state index < -0.39 is 4.92 Å². The van der Waals surface area contributed by atoms with Crippen molar-refractivity contribution in [1.29, 1.82) is 0 Å². The van der Waals surface area contributed by atoms with Gasteiger partial charge in [-0.2, -0.15) is 0 Å². The molecule has 0 fully saturated rings. The Labute approximate surface area is 201 Å². The smallest absolute Gasteiger partial charge is 0.293 e. The summed E-state index contributed by atoms with van der Waals surface area (Å²) >= 11 is 0. The molecule has 0 saturated carbocycles. The first kappa shape index (κ1) is 24.8. The fourth-order valence-corrected chi connectivity index (χ4v) is 3.91. The van der Waals surface area contributed by atoms with Crippen molar-refractivity contribution < 1.29 is 9.72 Å². The van der Waals surface area contributed by atoms with E-state index in [2.05, 4.69) is 47.6 Å². The van der Waals surface area contributed by atoms with Crippen molar-refractivity contribution in [3.63, 3.8) is 0 Å². The van der Waals surface area contributed by atoms with Crippen LogP contribution in [0.4, 0.5) is 22.7 Å². The van der Waals surface area contributed by atoms with Gasteiger partial charge in [0.15, 0.2) is 0 Å². The van der Waals surface area contributed by atoms with Crippen LogP contribution >= 0.6 is 0 Å².